The van der Waals surface area contributed by atoms with Gasteiger partial charge >= 0.3 is 12.4 Å². The molecular weight excluding hydrogens is 862 g/mol. The molecule has 0 spiro atoms. The summed E-state index contributed by atoms with van der Waals surface area (Å²) in [5.41, 5.74) is 1.86. The monoisotopic (exact) mass is 894 g/mol. The number of thioether (sulfide) groups is 1. The lowest BCUT2D eigenvalue weighted by Gasteiger charge is -2.30. The van der Waals surface area contributed by atoms with Crippen LogP contribution >= 0.6 is 43.6 Å². The van der Waals surface area contributed by atoms with Gasteiger partial charge in [0.2, 0.25) is 0 Å². The fourth-order valence-corrected chi connectivity index (χ4v) is 9.95. The van der Waals surface area contributed by atoms with E-state index in [4.69, 9.17) is 9.47 Å². The van der Waals surface area contributed by atoms with Gasteiger partial charge in [0, 0.05) is 44.7 Å². The van der Waals surface area contributed by atoms with Crippen molar-refractivity contribution in [1.29, 1.82) is 0 Å². The Labute approximate surface area is 319 Å². The van der Waals surface area contributed by atoms with E-state index in [0.29, 0.717) is 23.3 Å². The third-order valence-electron chi connectivity index (χ3n) is 8.65. The summed E-state index contributed by atoms with van der Waals surface area (Å²) in [7, 11) is -3.92. The van der Waals surface area contributed by atoms with Gasteiger partial charge in [0.25, 0.3) is 0 Å². The van der Waals surface area contributed by atoms with Gasteiger partial charge in [0.05, 0.1) is 32.7 Å². The molecule has 2 aromatic carbocycles. The molecule has 280 valence electrons. The van der Waals surface area contributed by atoms with E-state index in [1.54, 1.807) is 18.5 Å². The molecule has 0 radical (unpaired) electrons. The number of alkyl halides is 6. The number of benzene rings is 2. The van der Waals surface area contributed by atoms with Crippen molar-refractivity contribution in [1.82, 2.24) is 9.97 Å². The molecular formula is C36H34Br2F6N2O4S2. The van der Waals surface area contributed by atoms with Crippen molar-refractivity contribution in [3.63, 3.8) is 0 Å². The van der Waals surface area contributed by atoms with Crippen molar-refractivity contribution in [2.75, 3.05) is 13.2 Å². The van der Waals surface area contributed by atoms with Crippen LogP contribution in [0.25, 0.3) is 0 Å². The van der Waals surface area contributed by atoms with Gasteiger partial charge in [-0.1, -0.05) is 12.1 Å². The number of aromatic nitrogens is 2. The van der Waals surface area contributed by atoms with Gasteiger partial charge in [-0.2, -0.15) is 26.3 Å². The molecule has 0 amide bonds. The molecule has 0 saturated carbocycles. The minimum atomic E-state index is -4.60. The lowest BCUT2D eigenvalue weighted by molar-refractivity contribution is -0.138. The topological polar surface area (TPSA) is 78.4 Å². The smallest absolute Gasteiger partial charge is 0.372 e. The largest absolute Gasteiger partial charge is 0.416 e. The molecule has 16 heteroatoms. The van der Waals surface area contributed by atoms with Crippen molar-refractivity contribution >= 4 is 53.5 Å². The molecule has 4 heterocycles. The predicted molar refractivity (Wildman–Crippen MR) is 193 cm³/mol. The lowest BCUT2D eigenvalue weighted by Crippen LogP contribution is -2.31. The second-order valence-corrected chi connectivity index (χ2v) is 17.9. The van der Waals surface area contributed by atoms with Crippen LogP contribution in [0.15, 0.2) is 91.8 Å². The van der Waals surface area contributed by atoms with Crippen molar-refractivity contribution in [2.24, 2.45) is 0 Å². The molecule has 0 bridgehead atoms. The maximum absolute atomic E-state index is 12.9. The van der Waals surface area contributed by atoms with E-state index in [1.165, 1.54) is 30.0 Å². The summed E-state index contributed by atoms with van der Waals surface area (Å²) < 4.78 is 117. The maximum atomic E-state index is 12.9. The minimum absolute atomic E-state index is 0.120. The van der Waals surface area contributed by atoms with Crippen molar-refractivity contribution in [3.8, 4) is 0 Å². The fourth-order valence-electron chi connectivity index (χ4n) is 6.06. The van der Waals surface area contributed by atoms with Crippen LogP contribution in [0.1, 0.15) is 71.5 Å². The van der Waals surface area contributed by atoms with E-state index in [0.717, 1.165) is 56.8 Å². The molecule has 2 aliphatic heterocycles. The number of aryl methyl sites for hydroxylation is 2. The summed E-state index contributed by atoms with van der Waals surface area (Å²) in [6.07, 6.45) is -4.27. The van der Waals surface area contributed by atoms with Crippen LogP contribution in [0, 0.1) is 13.8 Å². The van der Waals surface area contributed by atoms with E-state index >= 15 is 0 Å². The van der Waals surface area contributed by atoms with Gasteiger partial charge in [-0.25, -0.2) is 8.42 Å². The van der Waals surface area contributed by atoms with Gasteiger partial charge in [0.1, 0.15) is 12.2 Å². The average molecular weight is 897 g/mol. The van der Waals surface area contributed by atoms with Crippen molar-refractivity contribution < 1.29 is 44.2 Å². The summed E-state index contributed by atoms with van der Waals surface area (Å²) in [5, 5.41) is -0.628. The molecule has 52 heavy (non-hydrogen) atoms. The highest BCUT2D eigenvalue weighted by Crippen LogP contribution is 2.40. The first kappa shape index (κ1) is 40.7. The second-order valence-electron chi connectivity index (χ2n) is 12.4. The Balaban J connectivity index is 0.000000202. The number of halogens is 8. The molecule has 0 N–H and O–H groups in total. The first-order chi connectivity index (χ1) is 24.4. The molecule has 6 nitrogen and oxygen atoms in total. The lowest BCUT2D eigenvalue weighted by atomic mass is 10.0. The number of nitrogens with zero attached hydrogens (tertiary/aromatic N) is 2. The van der Waals surface area contributed by atoms with Crippen LogP contribution in [0.3, 0.4) is 0 Å². The van der Waals surface area contributed by atoms with E-state index < -0.39 is 44.7 Å². The molecule has 2 aromatic heterocycles. The second kappa shape index (κ2) is 16.9. The Morgan fingerprint density at radius 3 is 1.81 bits per heavy atom. The van der Waals surface area contributed by atoms with Crippen LogP contribution in [0.4, 0.5) is 26.3 Å². The number of hydrogen-bond donors (Lipinski definition) is 0. The molecule has 2 fully saturated rings. The summed E-state index contributed by atoms with van der Waals surface area (Å²) in [6.45, 7) is 4.62. The highest BCUT2D eigenvalue weighted by molar-refractivity contribution is 9.10. The predicted octanol–water partition coefficient (Wildman–Crippen LogP) is 11.0. The number of ether oxygens (including phenoxy) is 2. The quantitative estimate of drug-likeness (QED) is 0.178. The molecule has 4 atom stereocenters. The van der Waals surface area contributed by atoms with Gasteiger partial charge in [0.15, 0.2) is 9.84 Å². The number of sulfone groups is 1. The highest BCUT2D eigenvalue weighted by Gasteiger charge is 2.37. The van der Waals surface area contributed by atoms with Gasteiger partial charge < -0.3 is 9.47 Å². The van der Waals surface area contributed by atoms with Crippen LogP contribution in [-0.2, 0) is 31.7 Å². The number of pyridine rings is 2. The number of rotatable bonds is 6. The zero-order valence-corrected chi connectivity index (χ0v) is 32.7. The molecule has 2 saturated heterocycles. The average Bonchev–Trinajstić information content (AvgIpc) is 3.08. The first-order valence-corrected chi connectivity index (χ1v) is 20.2. The maximum Gasteiger partial charge on any atom is 0.416 e. The third kappa shape index (κ3) is 10.4. The van der Waals surface area contributed by atoms with Crippen molar-refractivity contribution in [3.05, 3.63) is 116 Å². The molecule has 2 aliphatic rings. The Bertz CT molecular complexity index is 1980. The third-order valence-corrected chi connectivity index (χ3v) is 13.0. The molecule has 4 unspecified atom stereocenters. The zero-order valence-electron chi connectivity index (χ0n) is 27.8. The number of hydrogen-bond acceptors (Lipinski definition) is 7. The van der Waals surface area contributed by atoms with Crippen molar-refractivity contribution in [2.45, 2.75) is 84.4 Å². The summed E-state index contributed by atoms with van der Waals surface area (Å²) >= 11 is 8.21. The minimum Gasteiger partial charge on any atom is -0.372 e. The first-order valence-electron chi connectivity index (χ1n) is 16.1. The Morgan fingerprint density at radius 1 is 0.731 bits per heavy atom. The standard InChI is InChI=1S/C18H17BrF3NO3S.C18H17BrF3NOS/c1-11-7-13(19)10-23-17(11)16-9-15(5-6-26-16)27(24,25)14-4-2-3-12(8-14)18(20,21)22;1-11-7-13(19)10-23-17(11)16-9-15(5-6-24-16)25-14-4-2-3-12(8-14)18(20,21)22/h2-4,7-8,10,15-16H,5-6,9H2,1H3;2-4,7-8,10,15-16H,5-6,9H2,1H3. The highest BCUT2D eigenvalue weighted by atomic mass is 79.9. The van der Waals surface area contributed by atoms with Crippen LogP contribution < -0.4 is 0 Å². The summed E-state index contributed by atoms with van der Waals surface area (Å²) in [6, 6.07) is 13.3. The van der Waals surface area contributed by atoms with Crippen LogP contribution in [-0.4, -0.2) is 42.1 Å². The Hall–Kier alpha value is -2.50. The zero-order chi connectivity index (χ0) is 37.8. The molecule has 4 aromatic rings. The van der Waals surface area contributed by atoms with E-state index in [9.17, 15) is 34.8 Å². The Kier molecular flexibility index (Phi) is 13.2. The normalized spacial score (nSPS) is 21.3. The molecule has 6 rings (SSSR count). The molecule has 0 aliphatic carbocycles. The van der Waals surface area contributed by atoms with E-state index in [-0.39, 0.29) is 35.7 Å². The van der Waals surface area contributed by atoms with E-state index in [2.05, 4.69) is 41.8 Å². The van der Waals surface area contributed by atoms with Crippen LogP contribution in [0.5, 0.6) is 0 Å². The summed E-state index contributed by atoms with van der Waals surface area (Å²) in [5.74, 6) is 0. The summed E-state index contributed by atoms with van der Waals surface area (Å²) in [4.78, 5) is 9.10. The van der Waals surface area contributed by atoms with Gasteiger partial charge in [-0.3, -0.25) is 9.97 Å². The SMILES string of the molecule is Cc1cc(Br)cnc1C1CC(S(=O)(=O)c2cccc(C(F)(F)F)c2)CCO1.Cc1cc(Br)cnc1C1CC(Sc2cccc(C(F)(F)F)c2)CCO1. The van der Waals surface area contributed by atoms with E-state index in [1.807, 2.05) is 26.0 Å². The van der Waals surface area contributed by atoms with Crippen LogP contribution in [0.2, 0.25) is 0 Å². The van der Waals surface area contributed by atoms with Gasteiger partial charge in [-0.15, -0.1) is 11.8 Å². The van der Waals surface area contributed by atoms with Gasteiger partial charge in [-0.05, 0) is 131 Å². The fraction of sp³-hybridized carbons (Fsp3) is 0.389. The Morgan fingerprint density at radius 2 is 1.25 bits per heavy atom.